The molecule has 1 aliphatic rings. The van der Waals surface area contributed by atoms with Crippen molar-refractivity contribution in [1.29, 1.82) is 0 Å². The number of aryl methyl sites for hydroxylation is 2. The molecular formula is C17H23N3O. The van der Waals surface area contributed by atoms with E-state index in [0.717, 1.165) is 37.6 Å². The molecule has 0 radical (unpaired) electrons. The first-order chi connectivity index (χ1) is 10.2. The molecule has 0 fully saturated rings. The van der Waals surface area contributed by atoms with E-state index in [1.807, 2.05) is 0 Å². The number of rotatable bonds is 5. The summed E-state index contributed by atoms with van der Waals surface area (Å²) in [6.45, 7) is 8.94. The molecule has 0 saturated heterocycles. The van der Waals surface area contributed by atoms with Crippen LogP contribution in [0, 0.1) is 6.92 Å². The van der Waals surface area contributed by atoms with Crippen LogP contribution in [0.4, 0.5) is 0 Å². The molecule has 0 spiro atoms. The van der Waals surface area contributed by atoms with Gasteiger partial charge in [0.15, 0.2) is 0 Å². The average molecular weight is 285 g/mol. The lowest BCUT2D eigenvalue weighted by Crippen LogP contribution is -2.24. The van der Waals surface area contributed by atoms with E-state index in [1.54, 1.807) is 0 Å². The molecule has 1 N–H and O–H groups in total. The first-order valence-corrected chi connectivity index (χ1v) is 7.76. The Kier molecular flexibility index (Phi) is 3.97. The summed E-state index contributed by atoms with van der Waals surface area (Å²) in [5.74, 6) is 1.04. The van der Waals surface area contributed by atoms with Crippen molar-refractivity contribution in [3.05, 3.63) is 46.8 Å². The van der Waals surface area contributed by atoms with E-state index in [1.165, 1.54) is 16.8 Å². The fourth-order valence-electron chi connectivity index (χ4n) is 3.03. The van der Waals surface area contributed by atoms with Crippen LogP contribution in [0.5, 0.6) is 5.75 Å². The van der Waals surface area contributed by atoms with Gasteiger partial charge in [-0.2, -0.15) is 5.10 Å². The highest BCUT2D eigenvalue weighted by Gasteiger charge is 2.21. The Hall–Kier alpha value is -1.81. The van der Waals surface area contributed by atoms with E-state index < -0.39 is 0 Å². The maximum atomic E-state index is 5.61. The van der Waals surface area contributed by atoms with Gasteiger partial charge in [-0.05, 0) is 43.7 Å². The van der Waals surface area contributed by atoms with Gasteiger partial charge in [-0.3, -0.25) is 4.68 Å². The standard InChI is InChI=1S/C17H23N3O/c1-4-18-17(15-10-12(3)19-20(15)5-2)14-6-7-16-13(11-14)8-9-21-16/h6-7,10-11,17-18H,4-5,8-9H2,1-3H3. The molecule has 0 aliphatic carbocycles. The molecule has 2 aromatic rings. The fraction of sp³-hybridized carbons (Fsp3) is 0.471. The van der Waals surface area contributed by atoms with E-state index in [-0.39, 0.29) is 6.04 Å². The van der Waals surface area contributed by atoms with E-state index in [9.17, 15) is 0 Å². The molecule has 3 rings (SSSR count). The second-order valence-corrected chi connectivity index (χ2v) is 5.48. The summed E-state index contributed by atoms with van der Waals surface area (Å²) >= 11 is 0. The number of hydrogen-bond acceptors (Lipinski definition) is 3. The van der Waals surface area contributed by atoms with Crippen molar-refractivity contribution in [2.24, 2.45) is 0 Å². The molecule has 1 aromatic carbocycles. The van der Waals surface area contributed by atoms with E-state index in [2.05, 4.69) is 60.1 Å². The first kappa shape index (κ1) is 14.1. The zero-order valence-corrected chi connectivity index (χ0v) is 13.0. The summed E-state index contributed by atoms with van der Waals surface area (Å²) in [4.78, 5) is 0. The number of fused-ring (bicyclic) bond motifs is 1. The Bertz CT molecular complexity index is 633. The number of ether oxygens (including phenoxy) is 1. The number of nitrogens with zero attached hydrogens (tertiary/aromatic N) is 2. The summed E-state index contributed by atoms with van der Waals surface area (Å²) in [6.07, 6.45) is 1.01. The van der Waals surface area contributed by atoms with Crippen molar-refractivity contribution in [2.45, 2.75) is 39.8 Å². The number of benzene rings is 1. The topological polar surface area (TPSA) is 39.1 Å². The summed E-state index contributed by atoms with van der Waals surface area (Å²) in [7, 11) is 0. The predicted molar refractivity (Wildman–Crippen MR) is 83.8 cm³/mol. The molecule has 21 heavy (non-hydrogen) atoms. The maximum Gasteiger partial charge on any atom is 0.122 e. The minimum absolute atomic E-state index is 0.182. The highest BCUT2D eigenvalue weighted by molar-refractivity contribution is 5.42. The van der Waals surface area contributed by atoms with Crippen molar-refractivity contribution in [1.82, 2.24) is 15.1 Å². The Morgan fingerprint density at radius 2 is 2.19 bits per heavy atom. The van der Waals surface area contributed by atoms with Crippen LogP contribution >= 0.6 is 0 Å². The van der Waals surface area contributed by atoms with Gasteiger partial charge >= 0.3 is 0 Å². The van der Waals surface area contributed by atoms with Crippen LogP contribution in [0.15, 0.2) is 24.3 Å². The lowest BCUT2D eigenvalue weighted by molar-refractivity contribution is 0.356. The Labute approximate surface area is 126 Å². The number of aromatic nitrogens is 2. The van der Waals surface area contributed by atoms with Gasteiger partial charge in [-0.15, -0.1) is 0 Å². The molecule has 4 nitrogen and oxygen atoms in total. The maximum absolute atomic E-state index is 5.61. The van der Waals surface area contributed by atoms with Crippen molar-refractivity contribution < 1.29 is 4.74 Å². The minimum atomic E-state index is 0.182. The second-order valence-electron chi connectivity index (χ2n) is 5.48. The van der Waals surface area contributed by atoms with Gasteiger partial charge in [0.2, 0.25) is 0 Å². The quantitative estimate of drug-likeness (QED) is 0.918. The van der Waals surface area contributed by atoms with E-state index >= 15 is 0 Å². The minimum Gasteiger partial charge on any atom is -0.493 e. The number of hydrogen-bond donors (Lipinski definition) is 1. The fourth-order valence-corrected chi connectivity index (χ4v) is 3.03. The highest BCUT2D eigenvalue weighted by atomic mass is 16.5. The molecular weight excluding hydrogens is 262 g/mol. The molecule has 2 heterocycles. The van der Waals surface area contributed by atoms with Crippen LogP contribution in [0.1, 0.15) is 42.4 Å². The second kappa shape index (κ2) is 5.90. The summed E-state index contributed by atoms with van der Waals surface area (Å²) in [5, 5.41) is 8.18. The van der Waals surface area contributed by atoms with Crippen LogP contribution in [0.2, 0.25) is 0 Å². The summed E-state index contributed by atoms with van der Waals surface area (Å²) in [5.41, 5.74) is 4.90. The SMILES string of the molecule is CCNC(c1ccc2c(c1)CCO2)c1cc(C)nn1CC. The predicted octanol–water partition coefficient (Wildman–Crippen LogP) is 2.85. The zero-order chi connectivity index (χ0) is 14.8. The molecule has 0 saturated carbocycles. The van der Waals surface area contributed by atoms with E-state index in [0.29, 0.717) is 0 Å². The highest BCUT2D eigenvalue weighted by Crippen LogP contribution is 2.30. The molecule has 1 aliphatic heterocycles. The van der Waals surface area contributed by atoms with Gasteiger partial charge in [0.1, 0.15) is 5.75 Å². The Balaban J connectivity index is 2.01. The first-order valence-electron chi connectivity index (χ1n) is 7.76. The van der Waals surface area contributed by atoms with Crippen molar-refractivity contribution in [3.8, 4) is 5.75 Å². The van der Waals surface area contributed by atoms with Gasteiger partial charge in [-0.1, -0.05) is 19.1 Å². The normalized spacial score (nSPS) is 14.8. The summed E-state index contributed by atoms with van der Waals surface area (Å²) < 4.78 is 7.70. The van der Waals surface area contributed by atoms with Gasteiger partial charge in [0.05, 0.1) is 24.0 Å². The van der Waals surface area contributed by atoms with Gasteiger partial charge < -0.3 is 10.1 Å². The van der Waals surface area contributed by atoms with Crippen LogP contribution in [0.3, 0.4) is 0 Å². The van der Waals surface area contributed by atoms with Crippen molar-refractivity contribution in [2.75, 3.05) is 13.2 Å². The van der Waals surface area contributed by atoms with Crippen LogP contribution in [-0.4, -0.2) is 22.9 Å². The lowest BCUT2D eigenvalue weighted by atomic mass is 9.99. The molecule has 1 aromatic heterocycles. The molecule has 0 amide bonds. The van der Waals surface area contributed by atoms with Crippen molar-refractivity contribution >= 4 is 0 Å². The average Bonchev–Trinajstić information content (AvgIpc) is 3.09. The van der Waals surface area contributed by atoms with Gasteiger partial charge in [0, 0.05) is 13.0 Å². The van der Waals surface area contributed by atoms with Gasteiger partial charge in [-0.25, -0.2) is 0 Å². The van der Waals surface area contributed by atoms with E-state index in [4.69, 9.17) is 4.74 Å². The third-order valence-electron chi connectivity index (χ3n) is 3.98. The Morgan fingerprint density at radius 3 is 2.95 bits per heavy atom. The van der Waals surface area contributed by atoms with Crippen molar-refractivity contribution in [3.63, 3.8) is 0 Å². The molecule has 1 atom stereocenters. The Morgan fingerprint density at radius 1 is 1.33 bits per heavy atom. The summed E-state index contributed by atoms with van der Waals surface area (Å²) in [6, 6.07) is 8.90. The largest absolute Gasteiger partial charge is 0.493 e. The zero-order valence-electron chi connectivity index (χ0n) is 13.0. The third-order valence-corrected chi connectivity index (χ3v) is 3.98. The van der Waals surface area contributed by atoms with Crippen LogP contribution in [-0.2, 0) is 13.0 Å². The third kappa shape index (κ3) is 2.68. The molecule has 1 unspecified atom stereocenters. The van der Waals surface area contributed by atoms with Crippen LogP contribution in [0.25, 0.3) is 0 Å². The molecule has 0 bridgehead atoms. The van der Waals surface area contributed by atoms with Gasteiger partial charge in [0.25, 0.3) is 0 Å². The number of nitrogens with one attached hydrogen (secondary N) is 1. The molecule has 112 valence electrons. The lowest BCUT2D eigenvalue weighted by Gasteiger charge is -2.20. The monoisotopic (exact) mass is 285 g/mol. The molecule has 4 heteroatoms. The van der Waals surface area contributed by atoms with Crippen LogP contribution < -0.4 is 10.1 Å². The smallest absolute Gasteiger partial charge is 0.122 e.